The number of thioether (sulfide) groups is 1. The molecule has 1 aromatic carbocycles. The molecule has 2 aromatic rings. The maximum absolute atomic E-state index is 11.9. The zero-order chi connectivity index (χ0) is 13.8. The first-order chi connectivity index (χ1) is 9.11. The monoisotopic (exact) mass is 295 g/mol. The Morgan fingerprint density at radius 1 is 1.53 bits per heavy atom. The highest BCUT2D eigenvalue weighted by atomic mass is 32.2. The number of nitro benzene ring substituents is 1. The van der Waals surface area contributed by atoms with Crippen LogP contribution in [0.3, 0.4) is 0 Å². The quantitative estimate of drug-likeness (QED) is 0.532. The summed E-state index contributed by atoms with van der Waals surface area (Å²) in [4.78, 5) is 26.8. The first-order valence-electron chi connectivity index (χ1n) is 5.15. The Kier molecular flexibility index (Phi) is 4.13. The normalized spacial score (nSPS) is 10.2. The summed E-state index contributed by atoms with van der Waals surface area (Å²) in [5, 5.41) is 15.7. The molecule has 0 bridgehead atoms. The molecule has 0 aliphatic carbocycles. The molecule has 0 aliphatic heterocycles. The van der Waals surface area contributed by atoms with Gasteiger partial charge in [0.2, 0.25) is 0 Å². The Bertz CT molecular complexity index is 614. The van der Waals surface area contributed by atoms with Gasteiger partial charge < -0.3 is 0 Å². The number of thiazole rings is 1. The van der Waals surface area contributed by atoms with E-state index in [4.69, 9.17) is 0 Å². The molecule has 0 atom stereocenters. The second-order valence-electron chi connectivity index (χ2n) is 3.44. The van der Waals surface area contributed by atoms with Gasteiger partial charge in [0.25, 0.3) is 11.6 Å². The molecule has 1 N–H and O–H groups in total. The van der Waals surface area contributed by atoms with Crippen LogP contribution in [0.5, 0.6) is 0 Å². The van der Waals surface area contributed by atoms with E-state index in [-0.39, 0.29) is 11.3 Å². The molecule has 1 amide bonds. The zero-order valence-electron chi connectivity index (χ0n) is 9.82. The molecule has 6 nitrogen and oxygen atoms in total. The number of nitrogens with zero attached hydrogens (tertiary/aromatic N) is 2. The summed E-state index contributed by atoms with van der Waals surface area (Å²) >= 11 is 2.55. The number of hydrogen-bond acceptors (Lipinski definition) is 6. The summed E-state index contributed by atoms with van der Waals surface area (Å²) < 4.78 is 0. The van der Waals surface area contributed by atoms with Crippen molar-refractivity contribution in [2.75, 3.05) is 11.6 Å². The third-order valence-corrected chi connectivity index (χ3v) is 3.76. The van der Waals surface area contributed by atoms with Crippen LogP contribution in [0.2, 0.25) is 0 Å². The second kappa shape index (κ2) is 5.81. The van der Waals surface area contributed by atoms with E-state index in [2.05, 4.69) is 10.3 Å². The van der Waals surface area contributed by atoms with Gasteiger partial charge in [-0.1, -0.05) is 0 Å². The molecule has 0 spiro atoms. The molecule has 1 aromatic heterocycles. The van der Waals surface area contributed by atoms with Crippen molar-refractivity contribution in [2.24, 2.45) is 0 Å². The second-order valence-corrected chi connectivity index (χ2v) is 5.18. The van der Waals surface area contributed by atoms with E-state index in [9.17, 15) is 14.9 Å². The number of rotatable bonds is 4. The Morgan fingerprint density at radius 3 is 2.89 bits per heavy atom. The van der Waals surface area contributed by atoms with Crippen molar-refractivity contribution in [3.63, 3.8) is 0 Å². The number of carbonyl (C=O) groups excluding carboxylic acids is 1. The average molecular weight is 295 g/mol. The van der Waals surface area contributed by atoms with Gasteiger partial charge in [-0.15, -0.1) is 23.1 Å². The van der Waals surface area contributed by atoms with Crippen LogP contribution in [0.15, 0.2) is 34.7 Å². The molecule has 0 fully saturated rings. The van der Waals surface area contributed by atoms with Gasteiger partial charge in [0.15, 0.2) is 5.13 Å². The lowest BCUT2D eigenvalue weighted by atomic mass is 10.2. The van der Waals surface area contributed by atoms with Crippen molar-refractivity contribution in [3.8, 4) is 0 Å². The van der Waals surface area contributed by atoms with Gasteiger partial charge in [-0.05, 0) is 18.4 Å². The SMILES string of the molecule is CSc1ccc(C(=O)Nc2nccs2)cc1[N+](=O)[O-]. The molecule has 19 heavy (non-hydrogen) atoms. The zero-order valence-corrected chi connectivity index (χ0v) is 11.5. The van der Waals surface area contributed by atoms with Crippen LogP contribution in [0.1, 0.15) is 10.4 Å². The maximum atomic E-state index is 11.9. The average Bonchev–Trinajstić information content (AvgIpc) is 2.90. The number of anilines is 1. The van der Waals surface area contributed by atoms with E-state index >= 15 is 0 Å². The Balaban J connectivity index is 2.27. The molecule has 0 saturated heterocycles. The number of amides is 1. The fourth-order valence-corrected chi connectivity index (χ4v) is 2.50. The highest BCUT2D eigenvalue weighted by Crippen LogP contribution is 2.28. The van der Waals surface area contributed by atoms with Crippen LogP contribution in [-0.4, -0.2) is 22.1 Å². The molecule has 0 saturated carbocycles. The lowest BCUT2D eigenvalue weighted by molar-refractivity contribution is -0.387. The molecule has 0 unspecified atom stereocenters. The lowest BCUT2D eigenvalue weighted by Gasteiger charge is -2.04. The largest absolute Gasteiger partial charge is 0.298 e. The Morgan fingerprint density at radius 2 is 2.32 bits per heavy atom. The highest BCUT2D eigenvalue weighted by Gasteiger charge is 2.17. The van der Waals surface area contributed by atoms with E-state index in [1.54, 1.807) is 30.0 Å². The first-order valence-corrected chi connectivity index (χ1v) is 7.25. The van der Waals surface area contributed by atoms with Gasteiger partial charge in [0.1, 0.15) is 0 Å². The van der Waals surface area contributed by atoms with Crippen molar-refractivity contribution in [1.82, 2.24) is 4.98 Å². The van der Waals surface area contributed by atoms with Crippen molar-refractivity contribution in [2.45, 2.75) is 4.90 Å². The molecule has 2 rings (SSSR count). The predicted octanol–water partition coefficient (Wildman–Crippen LogP) is 3.03. The Hall–Kier alpha value is -1.93. The van der Waals surface area contributed by atoms with Crippen LogP contribution in [0.4, 0.5) is 10.8 Å². The molecule has 1 heterocycles. The summed E-state index contributed by atoms with van der Waals surface area (Å²) in [7, 11) is 0. The van der Waals surface area contributed by atoms with Crippen LogP contribution < -0.4 is 5.32 Å². The summed E-state index contributed by atoms with van der Waals surface area (Å²) in [6, 6.07) is 4.40. The topological polar surface area (TPSA) is 85.1 Å². The highest BCUT2D eigenvalue weighted by molar-refractivity contribution is 7.98. The summed E-state index contributed by atoms with van der Waals surface area (Å²) in [5.74, 6) is -0.411. The van der Waals surface area contributed by atoms with Gasteiger partial charge in [-0.3, -0.25) is 20.2 Å². The summed E-state index contributed by atoms with van der Waals surface area (Å²) in [6.07, 6.45) is 3.32. The number of aromatic nitrogens is 1. The van der Waals surface area contributed by atoms with Crippen molar-refractivity contribution in [3.05, 3.63) is 45.5 Å². The summed E-state index contributed by atoms with van der Waals surface area (Å²) in [5.41, 5.74) is 0.166. The van der Waals surface area contributed by atoms with E-state index in [1.807, 2.05) is 0 Å². The van der Waals surface area contributed by atoms with E-state index in [0.717, 1.165) is 0 Å². The lowest BCUT2D eigenvalue weighted by Crippen LogP contribution is -2.12. The standard InChI is InChI=1S/C11H9N3O3S2/c1-18-9-3-2-7(6-8(9)14(16)17)10(15)13-11-12-4-5-19-11/h2-6H,1H3,(H,12,13,15). The maximum Gasteiger partial charge on any atom is 0.283 e. The third-order valence-electron chi connectivity index (χ3n) is 2.29. The molecule has 8 heteroatoms. The number of carbonyl (C=O) groups is 1. The first kappa shape index (κ1) is 13.5. The van der Waals surface area contributed by atoms with Gasteiger partial charge in [0, 0.05) is 23.2 Å². The molecule has 0 aliphatic rings. The molecular weight excluding hydrogens is 286 g/mol. The third kappa shape index (κ3) is 3.09. The van der Waals surface area contributed by atoms with Crippen LogP contribution in [0, 0.1) is 10.1 Å². The van der Waals surface area contributed by atoms with Gasteiger partial charge in [-0.25, -0.2) is 4.98 Å². The minimum atomic E-state index is -0.494. The number of hydrogen-bond donors (Lipinski definition) is 1. The van der Waals surface area contributed by atoms with Crippen LogP contribution >= 0.6 is 23.1 Å². The fraction of sp³-hybridized carbons (Fsp3) is 0.0909. The molecule has 0 radical (unpaired) electrons. The van der Waals surface area contributed by atoms with Crippen molar-refractivity contribution in [1.29, 1.82) is 0 Å². The molecular formula is C11H9N3O3S2. The minimum absolute atomic E-state index is 0.0701. The number of nitro groups is 1. The van der Waals surface area contributed by atoms with E-state index in [0.29, 0.717) is 10.0 Å². The van der Waals surface area contributed by atoms with Gasteiger partial charge in [-0.2, -0.15) is 0 Å². The van der Waals surface area contributed by atoms with Crippen LogP contribution in [-0.2, 0) is 0 Å². The van der Waals surface area contributed by atoms with Crippen molar-refractivity contribution < 1.29 is 9.72 Å². The van der Waals surface area contributed by atoms with E-state index in [1.165, 1.54) is 29.2 Å². The van der Waals surface area contributed by atoms with Gasteiger partial charge >= 0.3 is 0 Å². The minimum Gasteiger partial charge on any atom is -0.298 e. The van der Waals surface area contributed by atoms with E-state index < -0.39 is 10.8 Å². The van der Waals surface area contributed by atoms with Crippen molar-refractivity contribution >= 4 is 39.8 Å². The fourth-order valence-electron chi connectivity index (χ4n) is 1.43. The Labute approximate surface area is 117 Å². The molecule has 98 valence electrons. The van der Waals surface area contributed by atoms with Crippen LogP contribution in [0.25, 0.3) is 0 Å². The smallest absolute Gasteiger partial charge is 0.283 e. The number of benzene rings is 1. The van der Waals surface area contributed by atoms with Gasteiger partial charge in [0.05, 0.1) is 9.82 Å². The summed E-state index contributed by atoms with van der Waals surface area (Å²) in [6.45, 7) is 0. The predicted molar refractivity (Wildman–Crippen MR) is 74.9 cm³/mol. The number of nitrogens with one attached hydrogen (secondary N) is 1.